The molecule has 0 radical (unpaired) electrons. The van der Waals surface area contributed by atoms with Gasteiger partial charge in [-0.05, 0) is 37.1 Å². The van der Waals surface area contributed by atoms with Crippen LogP contribution in [0.5, 0.6) is 5.75 Å². The lowest BCUT2D eigenvalue weighted by Crippen LogP contribution is -2.35. The Labute approximate surface area is 148 Å². The fourth-order valence-electron chi connectivity index (χ4n) is 2.53. The summed E-state index contributed by atoms with van der Waals surface area (Å²) < 4.78 is 44.2. The molecule has 2 aromatic rings. The zero-order chi connectivity index (χ0) is 19.3. The van der Waals surface area contributed by atoms with Gasteiger partial charge in [-0.3, -0.25) is 9.59 Å². The molecule has 1 amide bonds. The van der Waals surface area contributed by atoms with Crippen molar-refractivity contribution >= 4 is 5.91 Å². The highest BCUT2D eigenvalue weighted by molar-refractivity contribution is 5.75. The van der Waals surface area contributed by atoms with Gasteiger partial charge >= 0.3 is 6.18 Å². The topological polar surface area (TPSA) is 60.3 Å². The lowest BCUT2D eigenvalue weighted by molar-refractivity contribution is -0.139. The number of rotatable bonds is 6. The van der Waals surface area contributed by atoms with E-state index >= 15 is 0 Å². The smallest absolute Gasteiger partial charge is 0.421 e. The first-order valence-corrected chi connectivity index (χ1v) is 7.89. The predicted molar refractivity (Wildman–Crippen MR) is 90.1 cm³/mol. The quantitative estimate of drug-likeness (QED) is 0.853. The van der Waals surface area contributed by atoms with Crippen molar-refractivity contribution in [1.82, 2.24) is 9.88 Å². The first kappa shape index (κ1) is 19.6. The molecule has 1 aromatic carbocycles. The van der Waals surface area contributed by atoms with Crippen LogP contribution in [0, 0.1) is 6.92 Å². The number of halogens is 3. The van der Waals surface area contributed by atoms with Gasteiger partial charge in [0.1, 0.15) is 17.9 Å². The summed E-state index contributed by atoms with van der Waals surface area (Å²) >= 11 is 0. The number of hydrogen-bond acceptors (Lipinski definition) is 3. The van der Waals surface area contributed by atoms with Crippen molar-refractivity contribution in [3.8, 4) is 5.75 Å². The fourth-order valence-corrected chi connectivity index (χ4v) is 2.53. The third-order valence-electron chi connectivity index (χ3n) is 3.79. The van der Waals surface area contributed by atoms with E-state index in [9.17, 15) is 22.8 Å². The summed E-state index contributed by atoms with van der Waals surface area (Å²) in [6.07, 6.45) is -3.10. The summed E-state index contributed by atoms with van der Waals surface area (Å²) in [5.41, 5.74) is -0.584. The Morgan fingerprint density at radius 1 is 1.27 bits per heavy atom. The highest BCUT2D eigenvalue weighted by atomic mass is 19.4. The highest BCUT2D eigenvalue weighted by Gasteiger charge is 2.34. The van der Waals surface area contributed by atoms with Gasteiger partial charge in [0, 0.05) is 12.7 Å². The maximum Gasteiger partial charge on any atom is 0.421 e. The lowest BCUT2D eigenvalue weighted by Gasteiger charge is -2.12. The molecule has 26 heavy (non-hydrogen) atoms. The van der Waals surface area contributed by atoms with Crippen molar-refractivity contribution in [3.05, 3.63) is 63.6 Å². The second kappa shape index (κ2) is 8.07. The molecule has 0 unspecified atom stereocenters. The Morgan fingerprint density at radius 3 is 2.65 bits per heavy atom. The molecule has 5 nitrogen and oxygen atoms in total. The van der Waals surface area contributed by atoms with Crippen molar-refractivity contribution in [1.29, 1.82) is 0 Å². The minimum Gasteiger partial charge on any atom is -0.496 e. The molecular weight excluding hydrogens is 349 g/mol. The number of nitrogens with one attached hydrogen (secondary N) is 1. The summed E-state index contributed by atoms with van der Waals surface area (Å²) in [6, 6.07) is 7.45. The van der Waals surface area contributed by atoms with Crippen LogP contribution in [0.25, 0.3) is 0 Å². The van der Waals surface area contributed by atoms with Gasteiger partial charge in [0.25, 0.3) is 5.56 Å². The second-order valence-corrected chi connectivity index (χ2v) is 5.77. The molecule has 1 heterocycles. The molecule has 1 N–H and O–H groups in total. The van der Waals surface area contributed by atoms with E-state index in [0.717, 1.165) is 28.0 Å². The van der Waals surface area contributed by atoms with Gasteiger partial charge in [-0.15, -0.1) is 0 Å². The van der Waals surface area contributed by atoms with Gasteiger partial charge in [0.05, 0.1) is 7.11 Å². The predicted octanol–water partition coefficient (Wildman–Crippen LogP) is 2.54. The van der Waals surface area contributed by atoms with Gasteiger partial charge in [-0.2, -0.15) is 13.2 Å². The summed E-state index contributed by atoms with van der Waals surface area (Å²) in [4.78, 5) is 23.8. The van der Waals surface area contributed by atoms with Crippen molar-refractivity contribution in [2.75, 3.05) is 13.7 Å². The van der Waals surface area contributed by atoms with E-state index in [1.54, 1.807) is 7.11 Å². The molecule has 0 aliphatic rings. The number of benzene rings is 1. The Kier molecular flexibility index (Phi) is 6.07. The van der Waals surface area contributed by atoms with Crippen LogP contribution >= 0.6 is 0 Å². The molecular formula is C18H19F3N2O3. The van der Waals surface area contributed by atoms with E-state index in [4.69, 9.17) is 4.74 Å². The van der Waals surface area contributed by atoms with E-state index in [1.165, 1.54) is 0 Å². The van der Waals surface area contributed by atoms with Crippen LogP contribution in [-0.2, 0) is 23.9 Å². The molecule has 0 fully saturated rings. The largest absolute Gasteiger partial charge is 0.496 e. The number of aryl methyl sites for hydroxylation is 1. The van der Waals surface area contributed by atoms with Crippen molar-refractivity contribution in [2.45, 2.75) is 26.1 Å². The number of nitrogens with zero attached hydrogens (tertiary/aromatic N) is 1. The number of carbonyl (C=O) groups excluding carboxylic acids is 1. The Morgan fingerprint density at radius 2 is 2.00 bits per heavy atom. The van der Waals surface area contributed by atoms with Crippen LogP contribution < -0.4 is 15.6 Å². The van der Waals surface area contributed by atoms with E-state index in [-0.39, 0.29) is 6.54 Å². The lowest BCUT2D eigenvalue weighted by atomic mass is 10.1. The zero-order valence-electron chi connectivity index (χ0n) is 14.4. The molecule has 8 heteroatoms. The minimum atomic E-state index is -4.75. The molecule has 0 saturated heterocycles. The maximum atomic E-state index is 12.7. The maximum absolute atomic E-state index is 12.7. The van der Waals surface area contributed by atoms with Crippen LogP contribution in [-0.4, -0.2) is 24.1 Å². The van der Waals surface area contributed by atoms with Gasteiger partial charge in [-0.25, -0.2) is 0 Å². The van der Waals surface area contributed by atoms with E-state index in [2.05, 4.69) is 5.32 Å². The van der Waals surface area contributed by atoms with Crippen LogP contribution in [0.15, 0.2) is 41.3 Å². The van der Waals surface area contributed by atoms with Gasteiger partial charge in [0.2, 0.25) is 5.91 Å². The highest BCUT2D eigenvalue weighted by Crippen LogP contribution is 2.26. The first-order chi connectivity index (χ1) is 12.2. The Hall–Kier alpha value is -2.77. The molecule has 0 atom stereocenters. The third kappa shape index (κ3) is 4.87. The average molecular weight is 368 g/mol. The molecule has 0 saturated carbocycles. The molecule has 0 aliphatic heterocycles. The number of hydrogen-bond donors (Lipinski definition) is 1. The number of amides is 1. The minimum absolute atomic E-state index is 0.270. The second-order valence-electron chi connectivity index (χ2n) is 5.77. The van der Waals surface area contributed by atoms with Crippen molar-refractivity contribution in [2.24, 2.45) is 0 Å². The van der Waals surface area contributed by atoms with Gasteiger partial charge in [0.15, 0.2) is 0 Å². The Balaban J connectivity index is 1.98. The molecule has 0 bridgehead atoms. The average Bonchev–Trinajstić information content (AvgIpc) is 2.56. The molecule has 1 aromatic heterocycles. The SMILES string of the molecule is COc1ccc(C)cc1CCNC(=O)Cn1cccc(C(F)(F)F)c1=O. The summed E-state index contributed by atoms with van der Waals surface area (Å²) in [7, 11) is 1.55. The van der Waals surface area contributed by atoms with Crippen LogP contribution in [0.3, 0.4) is 0 Å². The van der Waals surface area contributed by atoms with E-state index in [1.807, 2.05) is 25.1 Å². The number of aromatic nitrogens is 1. The monoisotopic (exact) mass is 368 g/mol. The number of carbonyl (C=O) groups is 1. The summed E-state index contributed by atoms with van der Waals surface area (Å²) in [6.45, 7) is 1.72. The summed E-state index contributed by atoms with van der Waals surface area (Å²) in [5.74, 6) is 0.150. The Bertz CT molecular complexity index is 844. The number of methoxy groups -OCH3 is 1. The molecule has 0 spiro atoms. The van der Waals surface area contributed by atoms with Crippen molar-refractivity contribution < 1.29 is 22.7 Å². The summed E-state index contributed by atoms with van der Waals surface area (Å²) in [5, 5.41) is 2.60. The molecule has 140 valence electrons. The van der Waals surface area contributed by atoms with Crippen LogP contribution in [0.4, 0.5) is 13.2 Å². The zero-order valence-corrected chi connectivity index (χ0v) is 14.4. The van der Waals surface area contributed by atoms with Crippen molar-refractivity contribution in [3.63, 3.8) is 0 Å². The number of alkyl halides is 3. The fraction of sp³-hybridized carbons (Fsp3) is 0.333. The standard InChI is InChI=1S/C18H19F3N2O3/c1-12-5-6-15(26-2)13(10-12)7-8-22-16(24)11-23-9-3-4-14(17(23)25)18(19,20)21/h3-6,9-10H,7-8,11H2,1-2H3,(H,22,24). The number of pyridine rings is 1. The van der Waals surface area contributed by atoms with Gasteiger partial charge < -0.3 is 14.6 Å². The number of ether oxygens (including phenoxy) is 1. The van der Waals surface area contributed by atoms with Gasteiger partial charge in [-0.1, -0.05) is 17.7 Å². The van der Waals surface area contributed by atoms with Crippen LogP contribution in [0.2, 0.25) is 0 Å². The first-order valence-electron chi connectivity index (χ1n) is 7.89. The normalized spacial score (nSPS) is 11.3. The molecule has 2 rings (SSSR count). The third-order valence-corrected chi connectivity index (χ3v) is 3.79. The molecule has 0 aliphatic carbocycles. The van der Waals surface area contributed by atoms with E-state index < -0.39 is 29.8 Å². The van der Waals surface area contributed by atoms with Crippen LogP contribution in [0.1, 0.15) is 16.7 Å². The van der Waals surface area contributed by atoms with E-state index in [0.29, 0.717) is 18.2 Å².